The van der Waals surface area contributed by atoms with Gasteiger partial charge in [0.2, 0.25) is 0 Å². The van der Waals surface area contributed by atoms with E-state index in [9.17, 15) is 0 Å². The number of anilines is 1. The van der Waals surface area contributed by atoms with Gasteiger partial charge in [-0.05, 0) is 35.8 Å². The van der Waals surface area contributed by atoms with Gasteiger partial charge in [-0.1, -0.05) is 12.1 Å². The molecule has 0 radical (unpaired) electrons. The Labute approximate surface area is 121 Å². The number of benzene rings is 1. The molecule has 1 heterocycles. The highest BCUT2D eigenvalue weighted by Gasteiger charge is 1.97. The molecule has 0 saturated carbocycles. The second-order valence-corrected chi connectivity index (χ2v) is 4.96. The third-order valence-electron chi connectivity index (χ3n) is 2.23. The van der Waals surface area contributed by atoms with Crippen LogP contribution >= 0.6 is 23.6 Å². The molecule has 4 nitrogen and oxygen atoms in total. The van der Waals surface area contributed by atoms with Crippen LogP contribution in [0.3, 0.4) is 0 Å². The number of hydrogen-bond acceptors (Lipinski definition) is 4. The second kappa shape index (κ2) is 6.86. The first-order valence-electron chi connectivity index (χ1n) is 5.55. The molecule has 1 aromatic heterocycles. The molecule has 2 N–H and O–H groups in total. The molecule has 0 aliphatic heterocycles. The molecule has 2 aromatic rings. The summed E-state index contributed by atoms with van der Waals surface area (Å²) >= 11 is 6.75. The van der Waals surface area contributed by atoms with Crippen molar-refractivity contribution >= 4 is 40.6 Å². The molecule has 0 fully saturated rings. The summed E-state index contributed by atoms with van der Waals surface area (Å²) in [5.41, 5.74) is 3.61. The van der Waals surface area contributed by atoms with Crippen LogP contribution in [0.15, 0.2) is 46.9 Å². The fourth-order valence-electron chi connectivity index (χ4n) is 1.38. The summed E-state index contributed by atoms with van der Waals surface area (Å²) in [5.74, 6) is 0.773. The molecule has 0 atom stereocenters. The molecule has 19 heavy (non-hydrogen) atoms. The smallest absolute Gasteiger partial charge is 0.191 e. The quantitative estimate of drug-likeness (QED) is 0.516. The predicted molar refractivity (Wildman–Crippen MR) is 84.3 cm³/mol. The number of ether oxygens (including phenoxy) is 1. The van der Waals surface area contributed by atoms with Gasteiger partial charge in [0.1, 0.15) is 5.75 Å². The number of hydrazone groups is 1. The van der Waals surface area contributed by atoms with Crippen LogP contribution in [-0.2, 0) is 0 Å². The lowest BCUT2D eigenvalue weighted by Gasteiger charge is -2.08. The zero-order valence-electron chi connectivity index (χ0n) is 10.3. The topological polar surface area (TPSA) is 45.6 Å². The molecule has 0 spiro atoms. The largest absolute Gasteiger partial charge is 0.497 e. The van der Waals surface area contributed by atoms with E-state index in [1.165, 1.54) is 0 Å². The average molecular weight is 291 g/mol. The summed E-state index contributed by atoms with van der Waals surface area (Å²) in [5, 5.41) is 9.51. The van der Waals surface area contributed by atoms with E-state index in [1.807, 2.05) is 41.8 Å². The molecular weight excluding hydrogens is 278 g/mol. The molecule has 0 bridgehead atoms. The van der Waals surface area contributed by atoms with E-state index in [4.69, 9.17) is 17.0 Å². The molecule has 0 aliphatic carbocycles. The Hall–Kier alpha value is -1.92. The van der Waals surface area contributed by atoms with Crippen molar-refractivity contribution in [1.29, 1.82) is 0 Å². The Morgan fingerprint density at radius 3 is 3.00 bits per heavy atom. The number of nitrogens with one attached hydrogen (secondary N) is 2. The molecular formula is C13H13N3OS2. The van der Waals surface area contributed by atoms with Crippen molar-refractivity contribution in [3.05, 3.63) is 46.7 Å². The van der Waals surface area contributed by atoms with E-state index in [0.29, 0.717) is 5.11 Å². The second-order valence-electron chi connectivity index (χ2n) is 3.57. The van der Waals surface area contributed by atoms with Crippen molar-refractivity contribution in [3.63, 3.8) is 0 Å². The van der Waals surface area contributed by atoms with Crippen LogP contribution in [0.25, 0.3) is 0 Å². The number of thiocarbonyl (C=S) groups is 1. The summed E-state index contributed by atoms with van der Waals surface area (Å²) in [7, 11) is 1.63. The van der Waals surface area contributed by atoms with Crippen LogP contribution in [0.4, 0.5) is 5.69 Å². The van der Waals surface area contributed by atoms with Gasteiger partial charge in [0, 0.05) is 16.6 Å². The Balaban J connectivity index is 1.87. The molecule has 2 rings (SSSR count). The summed E-state index contributed by atoms with van der Waals surface area (Å²) in [6.45, 7) is 0. The van der Waals surface area contributed by atoms with Gasteiger partial charge < -0.3 is 10.1 Å². The molecule has 0 unspecified atom stereocenters. The maximum absolute atomic E-state index is 5.14. The number of hydrogen-bond donors (Lipinski definition) is 2. The van der Waals surface area contributed by atoms with Crippen LogP contribution in [0, 0.1) is 0 Å². The zero-order valence-corrected chi connectivity index (χ0v) is 11.9. The lowest BCUT2D eigenvalue weighted by molar-refractivity contribution is 0.415. The van der Waals surface area contributed by atoms with E-state index in [-0.39, 0.29) is 0 Å². The van der Waals surface area contributed by atoms with Gasteiger partial charge in [0.25, 0.3) is 0 Å². The first-order valence-corrected chi connectivity index (χ1v) is 6.84. The molecule has 98 valence electrons. The van der Waals surface area contributed by atoms with Gasteiger partial charge in [-0.3, -0.25) is 5.43 Å². The van der Waals surface area contributed by atoms with Crippen LogP contribution in [0.2, 0.25) is 0 Å². The SMILES string of the molecule is COc1cccc(NC(=S)N/N=C\c2cccs2)c1. The minimum absolute atomic E-state index is 0.432. The van der Waals surface area contributed by atoms with Gasteiger partial charge >= 0.3 is 0 Å². The first-order chi connectivity index (χ1) is 9.28. The zero-order chi connectivity index (χ0) is 13.5. The van der Waals surface area contributed by atoms with Crippen molar-refractivity contribution in [3.8, 4) is 5.75 Å². The van der Waals surface area contributed by atoms with Gasteiger partial charge in [0.15, 0.2) is 5.11 Å². The Morgan fingerprint density at radius 2 is 2.26 bits per heavy atom. The lowest BCUT2D eigenvalue weighted by atomic mass is 10.3. The summed E-state index contributed by atoms with van der Waals surface area (Å²) in [4.78, 5) is 1.07. The highest BCUT2D eigenvalue weighted by Crippen LogP contribution is 2.16. The van der Waals surface area contributed by atoms with E-state index in [0.717, 1.165) is 16.3 Å². The van der Waals surface area contributed by atoms with Crippen molar-refractivity contribution in [2.45, 2.75) is 0 Å². The molecule has 6 heteroatoms. The van der Waals surface area contributed by atoms with E-state index in [2.05, 4.69) is 15.8 Å². The van der Waals surface area contributed by atoms with Crippen LogP contribution in [0.1, 0.15) is 4.88 Å². The van der Waals surface area contributed by atoms with Crippen molar-refractivity contribution in [1.82, 2.24) is 5.43 Å². The standard InChI is InChI=1S/C13H13N3OS2/c1-17-11-5-2-4-10(8-11)15-13(18)16-14-9-12-6-3-7-19-12/h2-9H,1H3,(H2,15,16,18)/b14-9-. The predicted octanol–water partition coefficient (Wildman–Crippen LogP) is 3.08. The van der Waals surface area contributed by atoms with Gasteiger partial charge in [-0.25, -0.2) is 0 Å². The first kappa shape index (κ1) is 13.5. The van der Waals surface area contributed by atoms with Crippen LogP contribution < -0.4 is 15.5 Å². The van der Waals surface area contributed by atoms with Gasteiger partial charge in [-0.2, -0.15) is 5.10 Å². The molecule has 1 aromatic carbocycles. The van der Waals surface area contributed by atoms with Crippen molar-refractivity contribution in [2.24, 2.45) is 5.10 Å². The Kier molecular flexibility index (Phi) is 4.88. The molecule has 0 saturated heterocycles. The van der Waals surface area contributed by atoms with Crippen molar-refractivity contribution < 1.29 is 4.74 Å². The van der Waals surface area contributed by atoms with E-state index >= 15 is 0 Å². The summed E-state index contributed by atoms with van der Waals surface area (Å²) in [6, 6.07) is 11.5. The fourth-order valence-corrected chi connectivity index (χ4v) is 2.13. The summed E-state index contributed by atoms with van der Waals surface area (Å²) < 4.78 is 5.13. The van der Waals surface area contributed by atoms with Crippen LogP contribution in [0.5, 0.6) is 5.75 Å². The maximum atomic E-state index is 5.14. The highest BCUT2D eigenvalue weighted by atomic mass is 32.1. The Morgan fingerprint density at radius 1 is 1.37 bits per heavy atom. The maximum Gasteiger partial charge on any atom is 0.191 e. The highest BCUT2D eigenvalue weighted by molar-refractivity contribution is 7.80. The van der Waals surface area contributed by atoms with E-state index in [1.54, 1.807) is 24.7 Å². The monoisotopic (exact) mass is 291 g/mol. The van der Waals surface area contributed by atoms with Crippen molar-refractivity contribution in [2.75, 3.05) is 12.4 Å². The third kappa shape index (κ3) is 4.35. The average Bonchev–Trinajstić information content (AvgIpc) is 2.92. The number of methoxy groups -OCH3 is 1. The van der Waals surface area contributed by atoms with Gasteiger partial charge in [0.05, 0.1) is 13.3 Å². The number of thiophene rings is 1. The normalized spacial score (nSPS) is 10.4. The van der Waals surface area contributed by atoms with Gasteiger partial charge in [-0.15, -0.1) is 11.3 Å². The fraction of sp³-hybridized carbons (Fsp3) is 0.0769. The minimum atomic E-state index is 0.432. The molecule has 0 amide bonds. The number of nitrogens with zero attached hydrogens (tertiary/aromatic N) is 1. The lowest BCUT2D eigenvalue weighted by Crippen LogP contribution is -2.23. The summed E-state index contributed by atoms with van der Waals surface area (Å²) in [6.07, 6.45) is 1.73. The van der Waals surface area contributed by atoms with E-state index < -0.39 is 0 Å². The van der Waals surface area contributed by atoms with Crippen LogP contribution in [-0.4, -0.2) is 18.4 Å². The third-order valence-corrected chi connectivity index (χ3v) is 3.23. The number of rotatable bonds is 4. The Bertz CT molecular complexity index is 567. The minimum Gasteiger partial charge on any atom is -0.497 e. The molecule has 0 aliphatic rings.